The second kappa shape index (κ2) is 8.60. The lowest BCUT2D eigenvalue weighted by molar-refractivity contribution is 0.203. The Hall–Kier alpha value is -2.30. The highest BCUT2D eigenvalue weighted by Crippen LogP contribution is 2.23. The van der Waals surface area contributed by atoms with Gasteiger partial charge in [-0.05, 0) is 44.0 Å². The zero-order valence-corrected chi connectivity index (χ0v) is 17.7. The molecule has 0 bridgehead atoms. The maximum absolute atomic E-state index is 12.7. The second-order valence-corrected chi connectivity index (χ2v) is 9.22. The van der Waals surface area contributed by atoms with Crippen molar-refractivity contribution in [2.45, 2.75) is 25.9 Å². The fourth-order valence-corrected chi connectivity index (χ4v) is 4.03. The molecule has 29 heavy (non-hydrogen) atoms. The van der Waals surface area contributed by atoms with Crippen molar-refractivity contribution in [1.29, 1.82) is 0 Å². The number of fused-ring (bicyclic) bond motifs is 1. The van der Waals surface area contributed by atoms with Crippen LogP contribution in [0.4, 0.5) is 10.3 Å². The third-order valence-corrected chi connectivity index (χ3v) is 6.01. The van der Waals surface area contributed by atoms with E-state index >= 15 is 0 Å². The Bertz CT molecular complexity index is 1100. The molecule has 1 aliphatic rings. The minimum absolute atomic E-state index is 0.0405. The smallest absolute Gasteiger partial charge is 0.238 e. The molecule has 2 N–H and O–H groups in total. The van der Waals surface area contributed by atoms with Crippen molar-refractivity contribution in [2.24, 2.45) is 0 Å². The number of halogens is 2. The van der Waals surface area contributed by atoms with Crippen LogP contribution in [-0.4, -0.2) is 57.8 Å². The fourth-order valence-electron chi connectivity index (χ4n) is 3.02. The average Bonchev–Trinajstić information content (AvgIpc) is 2.98. The number of rotatable bonds is 2. The van der Waals surface area contributed by atoms with Crippen molar-refractivity contribution < 1.29 is 12.8 Å². The molecule has 11 heteroatoms. The number of anilines is 1. The first-order valence-electron chi connectivity index (χ1n) is 8.98. The van der Waals surface area contributed by atoms with E-state index in [1.807, 2.05) is 31.2 Å². The molecule has 0 amide bonds. The first-order chi connectivity index (χ1) is 13.6. The first-order valence-corrected chi connectivity index (χ1v) is 11.2. The summed E-state index contributed by atoms with van der Waals surface area (Å²) in [4.78, 5) is 8.47. The molecule has 156 valence electrons. The van der Waals surface area contributed by atoms with Gasteiger partial charge in [0.1, 0.15) is 11.7 Å². The van der Waals surface area contributed by atoms with Gasteiger partial charge in [0.15, 0.2) is 5.82 Å². The summed E-state index contributed by atoms with van der Waals surface area (Å²) in [5.74, 6) is 0.948. The molecular weight excluding hydrogens is 419 g/mol. The fraction of sp³-hybridized carbons (Fsp3) is 0.389. The van der Waals surface area contributed by atoms with Gasteiger partial charge in [-0.3, -0.25) is 0 Å². The van der Waals surface area contributed by atoms with Gasteiger partial charge in [0, 0.05) is 23.7 Å². The number of aromatic nitrogens is 4. The van der Waals surface area contributed by atoms with Crippen LogP contribution < -0.4 is 5.73 Å². The van der Waals surface area contributed by atoms with Gasteiger partial charge in [-0.2, -0.15) is 4.31 Å². The largest absolute Gasteiger partial charge is 0.367 e. The van der Waals surface area contributed by atoms with E-state index in [9.17, 15) is 12.8 Å². The summed E-state index contributed by atoms with van der Waals surface area (Å²) in [5.41, 5.74) is 8.25. The zero-order valence-electron chi connectivity index (χ0n) is 16.1. The highest BCUT2D eigenvalue weighted by molar-refractivity contribution is 7.88. The minimum Gasteiger partial charge on any atom is -0.367 e. The maximum Gasteiger partial charge on any atom is 0.238 e. The number of sulfonamides is 1. The zero-order chi connectivity index (χ0) is 21.2. The van der Waals surface area contributed by atoms with Crippen LogP contribution in [0, 0.1) is 6.92 Å². The van der Waals surface area contributed by atoms with Crippen LogP contribution in [0.1, 0.15) is 18.5 Å². The van der Waals surface area contributed by atoms with Crippen LogP contribution in [0.15, 0.2) is 30.5 Å². The summed E-state index contributed by atoms with van der Waals surface area (Å²) in [6, 6.07) is 7.43. The summed E-state index contributed by atoms with van der Waals surface area (Å²) < 4.78 is 37.3. The number of nitrogens with two attached hydrogens (primary N) is 1. The Labute approximate surface area is 173 Å². The number of alkyl halides is 1. The van der Waals surface area contributed by atoms with Crippen molar-refractivity contribution in [3.63, 3.8) is 0 Å². The molecule has 1 atom stereocenters. The van der Waals surface area contributed by atoms with Crippen molar-refractivity contribution in [1.82, 2.24) is 23.9 Å². The molecule has 0 saturated carbocycles. The molecule has 1 saturated heterocycles. The average molecular weight is 441 g/mol. The van der Waals surface area contributed by atoms with Gasteiger partial charge in [0.05, 0.1) is 18.1 Å². The number of imidazole rings is 1. The van der Waals surface area contributed by atoms with Gasteiger partial charge < -0.3 is 5.73 Å². The van der Waals surface area contributed by atoms with Crippen LogP contribution >= 0.6 is 11.6 Å². The first kappa shape index (κ1) is 21.4. The molecule has 1 aromatic carbocycles. The van der Waals surface area contributed by atoms with Gasteiger partial charge >= 0.3 is 0 Å². The Morgan fingerprint density at radius 3 is 2.55 bits per heavy atom. The summed E-state index contributed by atoms with van der Waals surface area (Å²) in [6.45, 7) is 2.42. The molecule has 3 heterocycles. The van der Waals surface area contributed by atoms with E-state index in [1.54, 1.807) is 10.7 Å². The highest BCUT2D eigenvalue weighted by atomic mass is 35.5. The molecule has 0 aliphatic carbocycles. The van der Waals surface area contributed by atoms with Crippen LogP contribution in [0.2, 0.25) is 5.02 Å². The Morgan fingerprint density at radius 1 is 1.28 bits per heavy atom. The van der Waals surface area contributed by atoms with Gasteiger partial charge in [-0.25, -0.2) is 27.3 Å². The third-order valence-electron chi connectivity index (χ3n) is 4.49. The van der Waals surface area contributed by atoms with Crippen molar-refractivity contribution in [2.75, 3.05) is 25.1 Å². The number of hydrogen-bond donors (Lipinski definition) is 1. The standard InChI is InChI=1S/C12H10ClN5.C6H12FNO2S/c1-7-10-6-15-12(14)17-18(10)11(16-7)8-2-4-9(13)5-3-8;1-11(9,10)8-4-2-3-6(7)5-8/h2-6H,1H3,(H2,14,17);6H,2-5H2,1H3. The number of nitrogens with zero attached hydrogens (tertiary/aromatic N) is 5. The van der Waals surface area contributed by atoms with Gasteiger partial charge in [0.25, 0.3) is 0 Å². The van der Waals surface area contributed by atoms with E-state index in [4.69, 9.17) is 17.3 Å². The van der Waals surface area contributed by atoms with E-state index in [2.05, 4.69) is 15.1 Å². The number of piperidine rings is 1. The van der Waals surface area contributed by atoms with Crippen LogP contribution in [-0.2, 0) is 10.0 Å². The predicted octanol–water partition coefficient (Wildman–Crippen LogP) is 2.72. The molecule has 1 unspecified atom stereocenters. The quantitative estimate of drug-likeness (QED) is 0.656. The molecule has 2 aromatic heterocycles. The monoisotopic (exact) mass is 440 g/mol. The van der Waals surface area contributed by atoms with Crippen LogP contribution in [0.25, 0.3) is 16.9 Å². The summed E-state index contributed by atoms with van der Waals surface area (Å²) in [7, 11) is -3.17. The Kier molecular flexibility index (Phi) is 6.35. The number of aryl methyl sites for hydroxylation is 1. The lowest BCUT2D eigenvalue weighted by atomic mass is 10.1. The van der Waals surface area contributed by atoms with Gasteiger partial charge in [-0.15, -0.1) is 5.10 Å². The molecular formula is C18H22ClFN6O2S. The third kappa shape index (κ3) is 5.20. The van der Waals surface area contributed by atoms with Crippen molar-refractivity contribution in [3.05, 3.63) is 41.2 Å². The lowest BCUT2D eigenvalue weighted by Gasteiger charge is -2.26. The van der Waals surface area contributed by atoms with E-state index in [-0.39, 0.29) is 12.5 Å². The summed E-state index contributed by atoms with van der Waals surface area (Å²) >= 11 is 5.87. The predicted molar refractivity (Wildman–Crippen MR) is 111 cm³/mol. The van der Waals surface area contributed by atoms with Gasteiger partial charge in [0.2, 0.25) is 16.0 Å². The van der Waals surface area contributed by atoms with Crippen LogP contribution in [0.5, 0.6) is 0 Å². The van der Waals surface area contributed by atoms with Gasteiger partial charge in [-0.1, -0.05) is 11.6 Å². The van der Waals surface area contributed by atoms with E-state index in [0.29, 0.717) is 24.4 Å². The summed E-state index contributed by atoms with van der Waals surface area (Å²) in [5, 5.41) is 4.87. The molecule has 0 spiro atoms. The molecule has 4 rings (SSSR count). The lowest BCUT2D eigenvalue weighted by Crippen LogP contribution is -2.39. The van der Waals surface area contributed by atoms with E-state index < -0.39 is 16.2 Å². The maximum atomic E-state index is 12.7. The molecule has 0 radical (unpaired) electrons. The number of benzene rings is 1. The number of nitrogen functional groups attached to an aromatic ring is 1. The molecule has 1 aliphatic heterocycles. The van der Waals surface area contributed by atoms with Crippen LogP contribution in [0.3, 0.4) is 0 Å². The molecule has 1 fully saturated rings. The molecule has 3 aromatic rings. The van der Waals surface area contributed by atoms with Crippen molar-refractivity contribution >= 4 is 33.1 Å². The van der Waals surface area contributed by atoms with E-state index in [0.717, 1.165) is 28.9 Å². The molecule has 8 nitrogen and oxygen atoms in total. The minimum atomic E-state index is -3.17. The summed E-state index contributed by atoms with van der Waals surface area (Å²) in [6.07, 6.45) is 2.94. The SMILES string of the molecule is CS(=O)(=O)N1CCCC(F)C1.Cc1nc(-c2ccc(Cl)cc2)n2nc(N)ncc12. The van der Waals surface area contributed by atoms with E-state index in [1.165, 1.54) is 4.31 Å². The van der Waals surface area contributed by atoms with Crippen molar-refractivity contribution in [3.8, 4) is 11.4 Å². The second-order valence-electron chi connectivity index (χ2n) is 6.80. The highest BCUT2D eigenvalue weighted by Gasteiger charge is 2.25. The topological polar surface area (TPSA) is 106 Å². The normalized spacial score (nSPS) is 17.7. The number of hydrogen-bond acceptors (Lipinski definition) is 6. The Balaban J connectivity index is 0.000000188. The Morgan fingerprint density at radius 2 is 1.97 bits per heavy atom.